The van der Waals surface area contributed by atoms with Crippen molar-refractivity contribution in [3.05, 3.63) is 29.6 Å². The molecule has 1 N–H and O–H groups in total. The topological polar surface area (TPSA) is 58.6 Å². The molecule has 2 rings (SSSR count). The molecular weight excluding hydrogens is 287 g/mol. The number of nitrogens with zero attached hydrogens (tertiary/aromatic N) is 1. The van der Waals surface area contributed by atoms with Crippen LogP contribution in [0.4, 0.5) is 10.1 Å². The fourth-order valence-electron chi connectivity index (χ4n) is 2.79. The number of aryl methyl sites for hydroxylation is 1. The Balaban J connectivity index is 2.30. The summed E-state index contributed by atoms with van der Waals surface area (Å²) in [6, 6.07) is 4.22. The first-order valence-electron chi connectivity index (χ1n) is 7.26. The van der Waals surface area contributed by atoms with Crippen LogP contribution in [0.15, 0.2) is 18.2 Å². The summed E-state index contributed by atoms with van der Waals surface area (Å²) in [5.41, 5.74) is 0.243. The molecule has 5 nitrogen and oxygen atoms in total. The first-order valence-corrected chi connectivity index (χ1v) is 7.26. The number of hydrogen-bond acceptors (Lipinski definition) is 3. The quantitative estimate of drug-likeness (QED) is 0.844. The molecular formula is C16H21FN2O3. The third-order valence-corrected chi connectivity index (χ3v) is 4.05. The smallest absolute Gasteiger partial charge is 0.246 e. The summed E-state index contributed by atoms with van der Waals surface area (Å²) in [6.45, 7) is 4.26. The van der Waals surface area contributed by atoms with Crippen molar-refractivity contribution in [3.8, 4) is 0 Å². The Labute approximate surface area is 129 Å². The molecule has 1 aromatic rings. The zero-order chi connectivity index (χ0) is 16.3. The predicted octanol–water partition coefficient (Wildman–Crippen LogP) is 1.78. The van der Waals surface area contributed by atoms with Gasteiger partial charge in [0, 0.05) is 25.8 Å². The summed E-state index contributed by atoms with van der Waals surface area (Å²) in [7, 11) is 1.56. The number of nitrogens with one attached hydrogen (secondary N) is 1. The highest BCUT2D eigenvalue weighted by atomic mass is 19.1. The minimum atomic E-state index is -0.965. The normalized spacial score (nSPS) is 21.3. The van der Waals surface area contributed by atoms with Gasteiger partial charge in [0.15, 0.2) is 0 Å². The van der Waals surface area contributed by atoms with E-state index in [2.05, 4.69) is 5.32 Å². The van der Waals surface area contributed by atoms with Crippen LogP contribution in [0.25, 0.3) is 0 Å². The standard InChI is InChI=1S/C16H21FN2O3/c1-11-10-12(17)4-5-13(11)19-14(20)6-7-16(19,2)15(21)18-8-9-22-3/h4-5,10H,6-9H2,1-3H3,(H,18,21). The monoisotopic (exact) mass is 308 g/mol. The van der Waals surface area contributed by atoms with E-state index in [1.807, 2.05) is 0 Å². The number of carbonyl (C=O) groups is 2. The fraction of sp³-hybridized carbons (Fsp3) is 0.500. The molecule has 6 heteroatoms. The van der Waals surface area contributed by atoms with Gasteiger partial charge in [-0.3, -0.25) is 14.5 Å². The maximum absolute atomic E-state index is 13.3. The molecule has 22 heavy (non-hydrogen) atoms. The highest BCUT2D eigenvalue weighted by molar-refractivity contribution is 6.06. The first kappa shape index (κ1) is 16.4. The Kier molecular flexibility index (Phi) is 4.81. The molecule has 120 valence electrons. The van der Waals surface area contributed by atoms with E-state index in [1.165, 1.54) is 17.0 Å². The van der Waals surface area contributed by atoms with Crippen molar-refractivity contribution < 1.29 is 18.7 Å². The molecule has 1 fully saturated rings. The van der Waals surface area contributed by atoms with Gasteiger partial charge in [0.1, 0.15) is 11.4 Å². The number of carbonyl (C=O) groups excluding carboxylic acids is 2. The number of methoxy groups -OCH3 is 1. The van der Waals surface area contributed by atoms with E-state index in [1.54, 1.807) is 27.0 Å². The lowest BCUT2D eigenvalue weighted by Gasteiger charge is -2.34. The van der Waals surface area contributed by atoms with Crippen molar-refractivity contribution in [3.63, 3.8) is 0 Å². The van der Waals surface area contributed by atoms with E-state index in [-0.39, 0.29) is 17.6 Å². The molecule has 1 heterocycles. The minimum Gasteiger partial charge on any atom is -0.383 e. The summed E-state index contributed by atoms with van der Waals surface area (Å²) in [6.07, 6.45) is 0.729. The average Bonchev–Trinajstić information content (AvgIpc) is 2.77. The molecule has 1 unspecified atom stereocenters. The number of hydrogen-bond donors (Lipinski definition) is 1. The first-order chi connectivity index (χ1) is 10.4. The van der Waals surface area contributed by atoms with E-state index < -0.39 is 5.54 Å². The lowest BCUT2D eigenvalue weighted by molar-refractivity contribution is -0.127. The van der Waals surface area contributed by atoms with Gasteiger partial charge < -0.3 is 10.1 Å². The molecule has 2 amide bonds. The van der Waals surface area contributed by atoms with Crippen LogP contribution >= 0.6 is 0 Å². The second-order valence-corrected chi connectivity index (χ2v) is 5.68. The van der Waals surface area contributed by atoms with E-state index in [9.17, 15) is 14.0 Å². The van der Waals surface area contributed by atoms with Gasteiger partial charge in [-0.15, -0.1) is 0 Å². The van der Waals surface area contributed by atoms with Gasteiger partial charge in [0.05, 0.1) is 6.61 Å². The Morgan fingerprint density at radius 2 is 2.23 bits per heavy atom. The molecule has 1 aliphatic rings. The number of halogens is 1. The number of rotatable bonds is 5. The lowest BCUT2D eigenvalue weighted by Crippen LogP contribution is -2.55. The van der Waals surface area contributed by atoms with Crippen molar-refractivity contribution in [2.24, 2.45) is 0 Å². The van der Waals surface area contributed by atoms with Gasteiger partial charge in [0.25, 0.3) is 0 Å². The predicted molar refractivity (Wildman–Crippen MR) is 81.1 cm³/mol. The molecule has 1 aromatic carbocycles. The molecule has 0 spiro atoms. The van der Waals surface area contributed by atoms with Crippen LogP contribution in [0.5, 0.6) is 0 Å². The van der Waals surface area contributed by atoms with E-state index in [4.69, 9.17) is 4.74 Å². The second kappa shape index (κ2) is 6.44. The maximum Gasteiger partial charge on any atom is 0.246 e. The zero-order valence-corrected chi connectivity index (χ0v) is 13.1. The Bertz CT molecular complexity index is 591. The van der Waals surface area contributed by atoms with Gasteiger partial charge in [-0.1, -0.05) is 0 Å². The third kappa shape index (κ3) is 2.97. The Hall–Kier alpha value is -1.95. The molecule has 0 bridgehead atoms. The van der Waals surface area contributed by atoms with Crippen molar-refractivity contribution in [2.45, 2.75) is 32.2 Å². The molecule has 0 radical (unpaired) electrons. The van der Waals surface area contributed by atoms with Crippen molar-refractivity contribution in [1.82, 2.24) is 5.32 Å². The SMILES string of the molecule is COCCNC(=O)C1(C)CCC(=O)N1c1ccc(F)cc1C. The van der Waals surface area contributed by atoms with Crippen LogP contribution in [0, 0.1) is 12.7 Å². The Morgan fingerprint density at radius 1 is 1.50 bits per heavy atom. The van der Waals surface area contributed by atoms with Gasteiger partial charge in [0.2, 0.25) is 11.8 Å². The van der Waals surface area contributed by atoms with Gasteiger partial charge in [-0.2, -0.15) is 0 Å². The number of ether oxygens (including phenoxy) is 1. The van der Waals surface area contributed by atoms with Crippen molar-refractivity contribution in [2.75, 3.05) is 25.2 Å². The van der Waals surface area contributed by atoms with Crippen molar-refractivity contribution >= 4 is 17.5 Å². The summed E-state index contributed by atoms with van der Waals surface area (Å²) >= 11 is 0. The summed E-state index contributed by atoms with van der Waals surface area (Å²) in [4.78, 5) is 26.3. The third-order valence-electron chi connectivity index (χ3n) is 4.05. The maximum atomic E-state index is 13.3. The largest absolute Gasteiger partial charge is 0.383 e. The average molecular weight is 308 g/mol. The van der Waals surface area contributed by atoms with Crippen LogP contribution in [-0.4, -0.2) is 37.6 Å². The fourth-order valence-corrected chi connectivity index (χ4v) is 2.79. The van der Waals surface area contributed by atoms with Crippen molar-refractivity contribution in [1.29, 1.82) is 0 Å². The summed E-state index contributed by atoms with van der Waals surface area (Å²) < 4.78 is 18.2. The van der Waals surface area contributed by atoms with Crippen LogP contribution in [0.2, 0.25) is 0 Å². The minimum absolute atomic E-state index is 0.126. The van der Waals surface area contributed by atoms with Crippen LogP contribution < -0.4 is 10.2 Å². The zero-order valence-electron chi connectivity index (χ0n) is 13.1. The van der Waals surface area contributed by atoms with Crippen LogP contribution in [0.3, 0.4) is 0 Å². The van der Waals surface area contributed by atoms with Crippen LogP contribution in [-0.2, 0) is 14.3 Å². The van der Waals surface area contributed by atoms with Gasteiger partial charge in [-0.05, 0) is 44.0 Å². The number of benzene rings is 1. The molecule has 1 aliphatic heterocycles. The highest BCUT2D eigenvalue weighted by Gasteiger charge is 2.48. The van der Waals surface area contributed by atoms with E-state index >= 15 is 0 Å². The summed E-state index contributed by atoms with van der Waals surface area (Å²) in [5.74, 6) is -0.711. The second-order valence-electron chi connectivity index (χ2n) is 5.68. The molecule has 1 atom stereocenters. The lowest BCUT2D eigenvalue weighted by atomic mass is 9.96. The van der Waals surface area contributed by atoms with Gasteiger partial charge in [-0.25, -0.2) is 4.39 Å². The molecule has 0 saturated carbocycles. The van der Waals surface area contributed by atoms with E-state index in [0.717, 1.165) is 0 Å². The number of amides is 2. The Morgan fingerprint density at radius 3 is 2.86 bits per heavy atom. The summed E-state index contributed by atoms with van der Waals surface area (Å²) in [5, 5.41) is 2.79. The van der Waals surface area contributed by atoms with Gasteiger partial charge >= 0.3 is 0 Å². The molecule has 0 aromatic heterocycles. The highest BCUT2D eigenvalue weighted by Crippen LogP contribution is 2.37. The number of anilines is 1. The molecule has 0 aliphatic carbocycles. The molecule has 1 saturated heterocycles. The van der Waals surface area contributed by atoms with Crippen LogP contribution in [0.1, 0.15) is 25.3 Å². The van der Waals surface area contributed by atoms with E-state index in [0.29, 0.717) is 37.2 Å².